The van der Waals surface area contributed by atoms with Crippen molar-refractivity contribution in [2.75, 3.05) is 0 Å². The van der Waals surface area contributed by atoms with Gasteiger partial charge in [-0.25, -0.2) is 0 Å². The minimum Gasteiger partial charge on any atom is -0.366 e. The van der Waals surface area contributed by atoms with Crippen molar-refractivity contribution in [1.29, 1.82) is 0 Å². The Bertz CT molecular complexity index is 502. The number of nitro benzene ring substituents is 1. The van der Waals surface area contributed by atoms with Gasteiger partial charge in [0.25, 0.3) is 5.69 Å². The first-order valence-electron chi connectivity index (χ1n) is 3.99. The average molecular weight is 313 g/mol. The summed E-state index contributed by atoms with van der Waals surface area (Å²) in [6.07, 6.45) is -4.83. The third-order valence-electron chi connectivity index (χ3n) is 1.83. The summed E-state index contributed by atoms with van der Waals surface area (Å²) < 4.78 is 37.2. The Morgan fingerprint density at radius 3 is 2.29 bits per heavy atom. The van der Waals surface area contributed by atoms with Gasteiger partial charge in [-0.1, -0.05) is 0 Å². The van der Waals surface area contributed by atoms with Crippen LogP contribution >= 0.6 is 15.9 Å². The molecule has 9 heteroatoms. The van der Waals surface area contributed by atoms with Crippen LogP contribution in [0.15, 0.2) is 16.6 Å². The number of carbonyl (C=O) groups excluding carboxylic acids is 1. The molecule has 0 atom stereocenters. The molecule has 0 spiro atoms. The molecule has 92 valence electrons. The van der Waals surface area contributed by atoms with E-state index < -0.39 is 38.3 Å². The summed E-state index contributed by atoms with van der Waals surface area (Å²) in [5.74, 6) is -1.39. The van der Waals surface area contributed by atoms with Gasteiger partial charge in [0.05, 0.1) is 16.1 Å². The smallest absolute Gasteiger partial charge is 0.366 e. The Hall–Kier alpha value is -1.64. The van der Waals surface area contributed by atoms with Crippen molar-refractivity contribution in [3.05, 3.63) is 37.8 Å². The fourth-order valence-electron chi connectivity index (χ4n) is 1.18. The van der Waals surface area contributed by atoms with Crippen LogP contribution in [0.3, 0.4) is 0 Å². The molecule has 0 aliphatic heterocycles. The lowest BCUT2D eigenvalue weighted by molar-refractivity contribution is -0.385. The van der Waals surface area contributed by atoms with Crippen LogP contribution in [0.25, 0.3) is 0 Å². The molecule has 0 bridgehead atoms. The Balaban J connectivity index is 3.61. The largest absolute Gasteiger partial charge is 0.418 e. The van der Waals surface area contributed by atoms with Gasteiger partial charge in [-0.2, -0.15) is 13.2 Å². The molecule has 0 aliphatic rings. The summed E-state index contributed by atoms with van der Waals surface area (Å²) in [5, 5.41) is 10.4. The number of nitro groups is 1. The van der Waals surface area contributed by atoms with Gasteiger partial charge < -0.3 is 5.73 Å². The first-order chi connectivity index (χ1) is 7.64. The van der Waals surface area contributed by atoms with Gasteiger partial charge in [0.1, 0.15) is 0 Å². The average Bonchev–Trinajstić information content (AvgIpc) is 2.13. The van der Waals surface area contributed by atoms with E-state index in [2.05, 4.69) is 15.9 Å². The number of hydrogen-bond acceptors (Lipinski definition) is 3. The molecule has 1 amide bonds. The number of alkyl halides is 3. The summed E-state index contributed by atoms with van der Waals surface area (Å²) in [5.41, 5.74) is 1.84. The Morgan fingerprint density at radius 1 is 1.41 bits per heavy atom. The number of primary amides is 1. The lowest BCUT2D eigenvalue weighted by Gasteiger charge is -2.12. The van der Waals surface area contributed by atoms with Crippen LogP contribution in [0.2, 0.25) is 0 Å². The van der Waals surface area contributed by atoms with Crippen LogP contribution in [-0.4, -0.2) is 10.8 Å². The van der Waals surface area contributed by atoms with Crippen molar-refractivity contribution in [3.8, 4) is 0 Å². The maximum atomic E-state index is 12.6. The van der Waals surface area contributed by atoms with E-state index in [-0.39, 0.29) is 0 Å². The summed E-state index contributed by atoms with van der Waals surface area (Å²) in [4.78, 5) is 20.4. The first-order valence-corrected chi connectivity index (χ1v) is 4.79. The van der Waals surface area contributed by atoms with Gasteiger partial charge in [-0.05, 0) is 15.9 Å². The molecule has 1 aromatic rings. The van der Waals surface area contributed by atoms with Crippen LogP contribution in [0.1, 0.15) is 15.9 Å². The highest BCUT2D eigenvalue weighted by atomic mass is 79.9. The molecule has 0 aromatic heterocycles. The zero-order valence-electron chi connectivity index (χ0n) is 7.92. The number of hydrogen-bond donors (Lipinski definition) is 1. The van der Waals surface area contributed by atoms with E-state index in [9.17, 15) is 28.1 Å². The van der Waals surface area contributed by atoms with Crippen LogP contribution in [0, 0.1) is 10.1 Å². The zero-order valence-corrected chi connectivity index (χ0v) is 9.50. The molecule has 0 saturated carbocycles. The molecule has 5 nitrogen and oxygen atoms in total. The molecule has 0 radical (unpaired) electrons. The van der Waals surface area contributed by atoms with E-state index in [1.807, 2.05) is 0 Å². The number of nitrogens with two attached hydrogens (primary N) is 1. The highest BCUT2D eigenvalue weighted by Crippen LogP contribution is 2.39. The molecule has 0 saturated heterocycles. The van der Waals surface area contributed by atoms with E-state index in [0.29, 0.717) is 12.1 Å². The predicted molar refractivity (Wildman–Crippen MR) is 54.3 cm³/mol. The van der Waals surface area contributed by atoms with Crippen molar-refractivity contribution >= 4 is 27.5 Å². The number of benzene rings is 1. The fourth-order valence-corrected chi connectivity index (χ4v) is 1.85. The number of halogens is 4. The van der Waals surface area contributed by atoms with Crippen LogP contribution < -0.4 is 5.73 Å². The minimum absolute atomic E-state index is 0.496. The normalized spacial score (nSPS) is 11.3. The van der Waals surface area contributed by atoms with Gasteiger partial charge in [0, 0.05) is 16.6 Å². The van der Waals surface area contributed by atoms with Crippen molar-refractivity contribution in [2.24, 2.45) is 5.73 Å². The zero-order chi connectivity index (χ0) is 13.4. The predicted octanol–water partition coefficient (Wildman–Crippen LogP) is 2.47. The maximum absolute atomic E-state index is 12.6. The van der Waals surface area contributed by atoms with E-state index in [1.165, 1.54) is 0 Å². The summed E-state index contributed by atoms with van der Waals surface area (Å²) in [7, 11) is 0. The van der Waals surface area contributed by atoms with Gasteiger partial charge in [-0.15, -0.1) is 0 Å². The van der Waals surface area contributed by atoms with E-state index in [0.717, 1.165) is 0 Å². The lowest BCUT2D eigenvalue weighted by atomic mass is 10.1. The van der Waals surface area contributed by atoms with Crippen molar-refractivity contribution in [3.63, 3.8) is 0 Å². The van der Waals surface area contributed by atoms with Crippen molar-refractivity contribution in [2.45, 2.75) is 6.18 Å². The number of non-ortho nitro benzene ring substituents is 1. The summed E-state index contributed by atoms with van der Waals surface area (Å²) in [6, 6.07) is 1.16. The molecule has 0 unspecified atom stereocenters. The van der Waals surface area contributed by atoms with E-state index >= 15 is 0 Å². The van der Waals surface area contributed by atoms with Gasteiger partial charge in [-0.3, -0.25) is 14.9 Å². The van der Waals surface area contributed by atoms with Crippen molar-refractivity contribution < 1.29 is 22.9 Å². The highest BCUT2D eigenvalue weighted by molar-refractivity contribution is 9.10. The highest BCUT2D eigenvalue weighted by Gasteiger charge is 2.38. The van der Waals surface area contributed by atoms with Crippen LogP contribution in [0.4, 0.5) is 18.9 Å². The quantitative estimate of drug-likeness (QED) is 0.672. The molecule has 0 fully saturated rings. The van der Waals surface area contributed by atoms with Crippen LogP contribution in [-0.2, 0) is 6.18 Å². The fraction of sp³-hybridized carbons (Fsp3) is 0.125. The molecular weight excluding hydrogens is 309 g/mol. The number of rotatable bonds is 2. The van der Waals surface area contributed by atoms with Gasteiger partial charge >= 0.3 is 6.18 Å². The third-order valence-corrected chi connectivity index (χ3v) is 2.46. The molecular formula is C8H4BrF3N2O3. The standard InChI is InChI=1S/C8H4BrF3N2O3/c9-5-2-3(14(16)17)1-4(7(13)15)6(5)8(10,11)12/h1-2H,(H2,13,15). The molecule has 1 rings (SSSR count). The van der Waals surface area contributed by atoms with E-state index in [1.54, 1.807) is 0 Å². The van der Waals surface area contributed by atoms with Gasteiger partial charge in [0.15, 0.2) is 0 Å². The first kappa shape index (κ1) is 13.4. The topological polar surface area (TPSA) is 86.2 Å². The van der Waals surface area contributed by atoms with E-state index in [4.69, 9.17) is 5.73 Å². The molecule has 0 aliphatic carbocycles. The molecule has 1 aromatic carbocycles. The molecule has 2 N–H and O–H groups in total. The van der Waals surface area contributed by atoms with Crippen molar-refractivity contribution in [1.82, 2.24) is 0 Å². The second kappa shape index (κ2) is 4.32. The lowest BCUT2D eigenvalue weighted by Crippen LogP contribution is -2.19. The number of carbonyl (C=O) groups is 1. The number of nitrogens with zero attached hydrogens (tertiary/aromatic N) is 1. The molecule has 17 heavy (non-hydrogen) atoms. The minimum atomic E-state index is -4.83. The third kappa shape index (κ3) is 2.73. The summed E-state index contributed by atoms with van der Waals surface area (Å²) in [6.45, 7) is 0. The second-order valence-corrected chi connectivity index (χ2v) is 3.82. The Labute approximate surface area is 101 Å². The van der Waals surface area contributed by atoms with Crippen LogP contribution in [0.5, 0.6) is 0 Å². The monoisotopic (exact) mass is 312 g/mol. The Kier molecular flexibility index (Phi) is 3.41. The SMILES string of the molecule is NC(=O)c1cc([N+](=O)[O-])cc(Br)c1C(F)(F)F. The second-order valence-electron chi connectivity index (χ2n) is 2.97. The number of amides is 1. The Morgan fingerprint density at radius 2 is 1.94 bits per heavy atom. The maximum Gasteiger partial charge on any atom is 0.418 e. The summed E-state index contributed by atoms with van der Waals surface area (Å²) >= 11 is 2.54. The van der Waals surface area contributed by atoms with Gasteiger partial charge in [0.2, 0.25) is 5.91 Å². The molecule has 0 heterocycles.